The summed E-state index contributed by atoms with van der Waals surface area (Å²) in [5, 5.41) is 9.60. The van der Waals surface area contributed by atoms with Crippen LogP contribution >= 0.6 is 0 Å². The van der Waals surface area contributed by atoms with Gasteiger partial charge in [-0.3, -0.25) is 4.79 Å². The summed E-state index contributed by atoms with van der Waals surface area (Å²) in [5.74, 6) is -0.946. The molecule has 0 radical (unpaired) electrons. The molecule has 1 amide bonds. The van der Waals surface area contributed by atoms with E-state index in [2.05, 4.69) is 4.98 Å². The third-order valence-corrected chi connectivity index (χ3v) is 2.70. The summed E-state index contributed by atoms with van der Waals surface area (Å²) in [5.41, 5.74) is 6.84. The molecule has 1 aromatic carbocycles. The molecule has 0 aliphatic carbocycles. The Bertz CT molecular complexity index is 563. The highest BCUT2D eigenvalue weighted by atomic mass is 19.1. The van der Waals surface area contributed by atoms with E-state index in [0.717, 1.165) is 10.9 Å². The van der Waals surface area contributed by atoms with Crippen molar-refractivity contribution in [3.63, 3.8) is 0 Å². The highest BCUT2D eigenvalue weighted by Gasteiger charge is 2.15. The average molecular weight is 236 g/mol. The number of aliphatic hydroxyl groups is 1. The molecule has 0 unspecified atom stereocenters. The first kappa shape index (κ1) is 11.6. The maximum atomic E-state index is 13.1. The van der Waals surface area contributed by atoms with Gasteiger partial charge in [0.15, 0.2) is 0 Å². The van der Waals surface area contributed by atoms with Crippen molar-refractivity contribution >= 4 is 16.8 Å². The Morgan fingerprint density at radius 3 is 2.88 bits per heavy atom. The van der Waals surface area contributed by atoms with Crippen molar-refractivity contribution in [2.24, 2.45) is 5.73 Å². The van der Waals surface area contributed by atoms with E-state index in [1.807, 2.05) is 0 Å². The Morgan fingerprint density at radius 2 is 2.24 bits per heavy atom. The summed E-state index contributed by atoms with van der Waals surface area (Å²) in [7, 11) is 0. The van der Waals surface area contributed by atoms with Crippen molar-refractivity contribution in [1.29, 1.82) is 0 Å². The molecular formula is C12H13FN2O2. The van der Waals surface area contributed by atoms with Gasteiger partial charge in [-0.15, -0.1) is 0 Å². The molecule has 0 fully saturated rings. The zero-order chi connectivity index (χ0) is 12.4. The molecule has 5 heteroatoms. The molecule has 1 aromatic heterocycles. The molecule has 90 valence electrons. The molecule has 17 heavy (non-hydrogen) atoms. The van der Waals surface area contributed by atoms with Crippen LogP contribution in [0.15, 0.2) is 18.2 Å². The number of H-pyrrole nitrogens is 1. The average Bonchev–Trinajstić information content (AvgIpc) is 2.64. The van der Waals surface area contributed by atoms with Gasteiger partial charge < -0.3 is 15.8 Å². The first-order chi connectivity index (χ1) is 8.13. The van der Waals surface area contributed by atoms with E-state index in [9.17, 15) is 9.18 Å². The van der Waals surface area contributed by atoms with E-state index < -0.39 is 5.91 Å². The van der Waals surface area contributed by atoms with Crippen LogP contribution in [0.4, 0.5) is 4.39 Å². The van der Waals surface area contributed by atoms with Gasteiger partial charge in [-0.05, 0) is 36.6 Å². The Kier molecular flexibility index (Phi) is 3.10. The van der Waals surface area contributed by atoms with Crippen LogP contribution in [0.25, 0.3) is 10.9 Å². The number of nitrogens with one attached hydrogen (secondary N) is 1. The summed E-state index contributed by atoms with van der Waals surface area (Å²) >= 11 is 0. The van der Waals surface area contributed by atoms with Crippen molar-refractivity contribution in [3.8, 4) is 0 Å². The third-order valence-electron chi connectivity index (χ3n) is 2.70. The predicted octanol–water partition coefficient (Wildman–Crippen LogP) is 1.33. The van der Waals surface area contributed by atoms with Gasteiger partial charge in [0.1, 0.15) is 11.5 Å². The fourth-order valence-corrected chi connectivity index (χ4v) is 1.95. The van der Waals surface area contributed by atoms with E-state index in [1.165, 1.54) is 12.1 Å². The van der Waals surface area contributed by atoms with Crippen LogP contribution in [0, 0.1) is 5.82 Å². The van der Waals surface area contributed by atoms with Gasteiger partial charge in [0.25, 0.3) is 5.91 Å². The molecule has 0 saturated carbocycles. The summed E-state index contributed by atoms with van der Waals surface area (Å²) in [4.78, 5) is 14.1. The van der Waals surface area contributed by atoms with E-state index >= 15 is 0 Å². The van der Waals surface area contributed by atoms with Crippen molar-refractivity contribution in [2.45, 2.75) is 12.8 Å². The number of hydrogen-bond acceptors (Lipinski definition) is 2. The lowest BCUT2D eigenvalue weighted by molar-refractivity contribution is 0.0995. The van der Waals surface area contributed by atoms with Crippen LogP contribution in [-0.2, 0) is 6.42 Å². The van der Waals surface area contributed by atoms with Crippen LogP contribution in [0.5, 0.6) is 0 Å². The number of nitrogens with two attached hydrogens (primary N) is 1. The quantitative estimate of drug-likeness (QED) is 0.748. The fourth-order valence-electron chi connectivity index (χ4n) is 1.95. The largest absolute Gasteiger partial charge is 0.396 e. The molecule has 0 atom stereocenters. The minimum atomic E-state index is -0.574. The van der Waals surface area contributed by atoms with E-state index in [1.54, 1.807) is 6.07 Å². The van der Waals surface area contributed by atoms with E-state index in [4.69, 9.17) is 10.8 Å². The number of carbonyl (C=O) groups excluding carboxylic acids is 1. The molecule has 0 saturated heterocycles. The molecular weight excluding hydrogens is 223 g/mol. The molecule has 4 N–H and O–H groups in total. The van der Waals surface area contributed by atoms with Gasteiger partial charge in [-0.1, -0.05) is 0 Å². The Hall–Kier alpha value is -1.88. The summed E-state index contributed by atoms with van der Waals surface area (Å²) in [6.07, 6.45) is 1.06. The molecule has 0 aliphatic rings. The number of aliphatic hydroxyl groups excluding tert-OH is 1. The molecule has 1 heterocycles. The highest BCUT2D eigenvalue weighted by Crippen LogP contribution is 2.24. The predicted molar refractivity (Wildman–Crippen MR) is 62.2 cm³/mol. The Labute approximate surface area is 97.2 Å². The molecule has 4 nitrogen and oxygen atoms in total. The number of carbonyl (C=O) groups is 1. The second-order valence-corrected chi connectivity index (χ2v) is 3.86. The highest BCUT2D eigenvalue weighted by molar-refractivity contribution is 6.00. The number of benzene rings is 1. The van der Waals surface area contributed by atoms with Gasteiger partial charge in [-0.25, -0.2) is 4.39 Å². The minimum absolute atomic E-state index is 0.0338. The van der Waals surface area contributed by atoms with Crippen molar-refractivity contribution in [3.05, 3.63) is 35.3 Å². The number of hydrogen-bond donors (Lipinski definition) is 3. The lowest BCUT2D eigenvalue weighted by Crippen LogP contribution is -2.13. The Balaban J connectivity index is 2.58. The van der Waals surface area contributed by atoms with Gasteiger partial charge in [0.2, 0.25) is 0 Å². The van der Waals surface area contributed by atoms with Crippen LogP contribution < -0.4 is 5.73 Å². The summed E-state index contributed by atoms with van der Waals surface area (Å²) < 4.78 is 13.1. The Morgan fingerprint density at radius 1 is 1.47 bits per heavy atom. The number of aromatic nitrogens is 1. The van der Waals surface area contributed by atoms with Crippen molar-refractivity contribution in [2.75, 3.05) is 6.61 Å². The van der Waals surface area contributed by atoms with E-state index in [0.29, 0.717) is 24.1 Å². The second-order valence-electron chi connectivity index (χ2n) is 3.86. The topological polar surface area (TPSA) is 79.1 Å². The maximum absolute atomic E-state index is 13.1. The molecule has 2 aromatic rings. The number of rotatable bonds is 4. The SMILES string of the molecule is NC(=O)c1[nH]c2cc(F)ccc2c1CCCO. The normalized spacial score (nSPS) is 10.9. The first-order valence-corrected chi connectivity index (χ1v) is 5.34. The number of amides is 1. The maximum Gasteiger partial charge on any atom is 0.265 e. The molecule has 0 spiro atoms. The molecule has 0 aliphatic heterocycles. The van der Waals surface area contributed by atoms with Gasteiger partial charge in [-0.2, -0.15) is 0 Å². The number of aryl methyl sites for hydroxylation is 1. The zero-order valence-corrected chi connectivity index (χ0v) is 9.16. The standard InChI is InChI=1S/C12H13FN2O2/c13-7-3-4-8-9(2-1-5-16)11(12(14)17)15-10(8)6-7/h3-4,6,15-16H,1-2,5H2,(H2,14,17). The van der Waals surface area contributed by atoms with Crippen molar-refractivity contribution < 1.29 is 14.3 Å². The monoisotopic (exact) mass is 236 g/mol. The number of aromatic amines is 1. The lowest BCUT2D eigenvalue weighted by Gasteiger charge is -2.00. The van der Waals surface area contributed by atoms with Gasteiger partial charge >= 0.3 is 0 Å². The number of primary amides is 1. The minimum Gasteiger partial charge on any atom is -0.396 e. The summed E-state index contributed by atoms with van der Waals surface area (Å²) in [6.45, 7) is 0.0338. The smallest absolute Gasteiger partial charge is 0.265 e. The van der Waals surface area contributed by atoms with Crippen LogP contribution in [-0.4, -0.2) is 22.6 Å². The van der Waals surface area contributed by atoms with Crippen LogP contribution in [0.3, 0.4) is 0 Å². The summed E-state index contributed by atoms with van der Waals surface area (Å²) in [6, 6.07) is 4.27. The zero-order valence-electron chi connectivity index (χ0n) is 9.16. The number of fused-ring (bicyclic) bond motifs is 1. The third kappa shape index (κ3) is 2.14. The van der Waals surface area contributed by atoms with Gasteiger partial charge in [0.05, 0.1) is 0 Å². The van der Waals surface area contributed by atoms with Crippen LogP contribution in [0.2, 0.25) is 0 Å². The van der Waals surface area contributed by atoms with E-state index in [-0.39, 0.29) is 12.4 Å². The van der Waals surface area contributed by atoms with Crippen LogP contribution in [0.1, 0.15) is 22.5 Å². The van der Waals surface area contributed by atoms with Crippen molar-refractivity contribution in [1.82, 2.24) is 4.98 Å². The first-order valence-electron chi connectivity index (χ1n) is 5.34. The molecule has 0 bridgehead atoms. The van der Waals surface area contributed by atoms with Gasteiger partial charge in [0, 0.05) is 17.5 Å². The lowest BCUT2D eigenvalue weighted by atomic mass is 10.1. The fraction of sp³-hybridized carbons (Fsp3) is 0.250. The second kappa shape index (κ2) is 4.55. The number of halogens is 1. The molecule has 2 rings (SSSR count).